The maximum absolute atomic E-state index is 13.7. The molecule has 0 saturated carbocycles. The van der Waals surface area contributed by atoms with Crippen molar-refractivity contribution in [3.63, 3.8) is 0 Å². The van der Waals surface area contributed by atoms with Crippen LogP contribution >= 0.6 is 0 Å². The Kier molecular flexibility index (Phi) is 3.56. The van der Waals surface area contributed by atoms with E-state index in [0.29, 0.717) is 12.3 Å². The van der Waals surface area contributed by atoms with Crippen LogP contribution in [0.4, 0.5) is 4.39 Å². The highest BCUT2D eigenvalue weighted by Gasteiger charge is 2.14. The zero-order valence-electron chi connectivity index (χ0n) is 11.3. The topological polar surface area (TPSA) is 38.3 Å². The third-order valence-electron chi connectivity index (χ3n) is 3.22. The summed E-state index contributed by atoms with van der Waals surface area (Å²) in [6.07, 6.45) is 2.69. The number of benzene rings is 1. The molecule has 4 heteroatoms. The quantitative estimate of drug-likeness (QED) is 0.703. The van der Waals surface area contributed by atoms with Gasteiger partial charge in [-0.3, -0.25) is 0 Å². The highest BCUT2D eigenvalue weighted by Crippen LogP contribution is 2.31. The van der Waals surface area contributed by atoms with Gasteiger partial charge in [-0.25, -0.2) is 4.39 Å². The van der Waals surface area contributed by atoms with Gasteiger partial charge in [0, 0.05) is 5.39 Å². The molecule has 3 rings (SSSR count). The van der Waals surface area contributed by atoms with E-state index in [2.05, 4.69) is 12.2 Å². The average molecular weight is 273 g/mol. The van der Waals surface area contributed by atoms with Crippen LogP contribution in [0, 0.1) is 5.82 Å². The zero-order valence-corrected chi connectivity index (χ0v) is 11.3. The van der Waals surface area contributed by atoms with Crippen LogP contribution in [0.1, 0.15) is 19.1 Å². The Morgan fingerprint density at radius 3 is 2.95 bits per heavy atom. The fourth-order valence-corrected chi connectivity index (χ4v) is 2.24. The third-order valence-corrected chi connectivity index (χ3v) is 3.22. The number of hydrogen-bond donors (Lipinski definition) is 1. The third kappa shape index (κ3) is 2.34. The van der Waals surface area contributed by atoms with Gasteiger partial charge >= 0.3 is 0 Å². The summed E-state index contributed by atoms with van der Waals surface area (Å²) in [5.41, 5.74) is 1.15. The van der Waals surface area contributed by atoms with E-state index in [1.807, 2.05) is 18.2 Å². The normalized spacial score (nSPS) is 11.3. The molecule has 104 valence electrons. The van der Waals surface area contributed by atoms with Gasteiger partial charge in [0.2, 0.25) is 0 Å². The second-order valence-electron chi connectivity index (χ2n) is 4.70. The maximum atomic E-state index is 13.7. The Balaban J connectivity index is 1.95. The summed E-state index contributed by atoms with van der Waals surface area (Å²) >= 11 is 0. The lowest BCUT2D eigenvalue weighted by atomic mass is 10.1. The van der Waals surface area contributed by atoms with E-state index in [1.165, 1.54) is 6.07 Å². The van der Waals surface area contributed by atoms with Gasteiger partial charge in [-0.2, -0.15) is 0 Å². The van der Waals surface area contributed by atoms with E-state index < -0.39 is 0 Å². The second-order valence-corrected chi connectivity index (χ2v) is 4.70. The van der Waals surface area contributed by atoms with Crippen molar-refractivity contribution in [3.05, 3.63) is 48.2 Å². The molecule has 1 aromatic carbocycles. The molecule has 0 fully saturated rings. The van der Waals surface area contributed by atoms with Crippen LogP contribution in [-0.2, 0) is 6.54 Å². The first-order valence-corrected chi connectivity index (χ1v) is 6.75. The van der Waals surface area contributed by atoms with E-state index in [-0.39, 0.29) is 11.4 Å². The van der Waals surface area contributed by atoms with Crippen molar-refractivity contribution in [2.24, 2.45) is 0 Å². The fraction of sp³-hybridized carbons (Fsp3) is 0.250. The summed E-state index contributed by atoms with van der Waals surface area (Å²) in [5.74, 6) is 1.09. The molecule has 0 spiro atoms. The molecule has 0 amide bonds. The van der Waals surface area contributed by atoms with Crippen LogP contribution in [0.25, 0.3) is 22.3 Å². The number of nitrogens with one attached hydrogen (secondary N) is 1. The average Bonchev–Trinajstić information content (AvgIpc) is 3.05. The monoisotopic (exact) mass is 273 g/mol. The molecule has 3 aromatic rings. The van der Waals surface area contributed by atoms with Gasteiger partial charge in [-0.05, 0) is 31.2 Å². The molecule has 0 unspecified atom stereocenters. The van der Waals surface area contributed by atoms with Crippen molar-refractivity contribution < 1.29 is 13.2 Å². The molecule has 0 aliphatic rings. The van der Waals surface area contributed by atoms with Crippen LogP contribution < -0.4 is 5.32 Å². The Morgan fingerprint density at radius 2 is 2.15 bits per heavy atom. The summed E-state index contributed by atoms with van der Waals surface area (Å²) in [5, 5.41) is 4.04. The predicted octanol–water partition coefficient (Wildman–Crippen LogP) is 4.33. The minimum atomic E-state index is -0.345. The number of hydrogen-bond acceptors (Lipinski definition) is 3. The molecule has 3 nitrogen and oxygen atoms in total. The molecule has 0 atom stereocenters. The van der Waals surface area contributed by atoms with Gasteiger partial charge < -0.3 is 14.2 Å². The van der Waals surface area contributed by atoms with Gasteiger partial charge in [0.25, 0.3) is 0 Å². The summed E-state index contributed by atoms with van der Waals surface area (Å²) in [6.45, 7) is 3.67. The van der Waals surface area contributed by atoms with Crippen molar-refractivity contribution in [1.82, 2.24) is 5.32 Å². The molecule has 20 heavy (non-hydrogen) atoms. The number of fused-ring (bicyclic) bond motifs is 1. The van der Waals surface area contributed by atoms with Crippen molar-refractivity contribution in [3.8, 4) is 11.3 Å². The lowest BCUT2D eigenvalue weighted by Crippen LogP contribution is -2.13. The number of para-hydroxylation sites is 1. The van der Waals surface area contributed by atoms with Crippen LogP contribution in [0.2, 0.25) is 0 Å². The van der Waals surface area contributed by atoms with E-state index in [4.69, 9.17) is 8.83 Å². The van der Waals surface area contributed by atoms with E-state index in [1.54, 1.807) is 12.3 Å². The zero-order chi connectivity index (χ0) is 13.9. The van der Waals surface area contributed by atoms with Gasteiger partial charge in [0.05, 0.1) is 18.4 Å². The van der Waals surface area contributed by atoms with Crippen LogP contribution in [0.15, 0.2) is 45.4 Å². The number of rotatable bonds is 5. The highest BCUT2D eigenvalue weighted by molar-refractivity contribution is 5.83. The van der Waals surface area contributed by atoms with Crippen molar-refractivity contribution in [2.45, 2.75) is 19.9 Å². The standard InChI is InChI=1S/C16H16FNO2/c1-2-7-18-10-15-12(6-8-19-15)14-9-11-4-3-5-13(17)16(11)20-14/h3-6,8-9,18H,2,7,10H2,1H3. The molecule has 0 aliphatic heterocycles. The Labute approximate surface area is 116 Å². The van der Waals surface area contributed by atoms with Crippen molar-refractivity contribution in [2.75, 3.05) is 6.54 Å². The Hall–Kier alpha value is -2.07. The smallest absolute Gasteiger partial charge is 0.170 e. The lowest BCUT2D eigenvalue weighted by Gasteiger charge is -2.01. The first-order valence-electron chi connectivity index (χ1n) is 6.75. The minimum Gasteiger partial charge on any atom is -0.467 e. The molecule has 0 radical (unpaired) electrons. The largest absolute Gasteiger partial charge is 0.467 e. The first kappa shape index (κ1) is 12.9. The van der Waals surface area contributed by atoms with E-state index in [9.17, 15) is 4.39 Å². The Morgan fingerprint density at radius 1 is 1.25 bits per heavy atom. The summed E-state index contributed by atoms with van der Waals surface area (Å²) < 4.78 is 24.8. The van der Waals surface area contributed by atoms with E-state index >= 15 is 0 Å². The molecule has 1 N–H and O–H groups in total. The van der Waals surface area contributed by atoms with E-state index in [0.717, 1.165) is 29.7 Å². The molecular formula is C16H16FNO2. The van der Waals surface area contributed by atoms with Crippen molar-refractivity contribution >= 4 is 11.0 Å². The van der Waals surface area contributed by atoms with Crippen molar-refractivity contribution in [1.29, 1.82) is 0 Å². The highest BCUT2D eigenvalue weighted by atomic mass is 19.1. The van der Waals surface area contributed by atoms with Crippen LogP contribution in [-0.4, -0.2) is 6.54 Å². The predicted molar refractivity (Wildman–Crippen MR) is 75.9 cm³/mol. The maximum Gasteiger partial charge on any atom is 0.170 e. The van der Waals surface area contributed by atoms with Gasteiger partial charge in [0.15, 0.2) is 11.4 Å². The van der Waals surface area contributed by atoms with Gasteiger partial charge in [-0.15, -0.1) is 0 Å². The lowest BCUT2D eigenvalue weighted by molar-refractivity contribution is 0.482. The van der Waals surface area contributed by atoms with Crippen LogP contribution in [0.5, 0.6) is 0 Å². The molecule has 2 heterocycles. The van der Waals surface area contributed by atoms with Gasteiger partial charge in [-0.1, -0.05) is 19.1 Å². The number of halogens is 1. The van der Waals surface area contributed by atoms with Gasteiger partial charge in [0.1, 0.15) is 11.5 Å². The molecule has 0 aliphatic carbocycles. The van der Waals surface area contributed by atoms with Crippen LogP contribution in [0.3, 0.4) is 0 Å². The first-order chi connectivity index (χ1) is 9.79. The molecule has 2 aromatic heterocycles. The Bertz CT molecular complexity index is 714. The summed E-state index contributed by atoms with van der Waals surface area (Å²) in [7, 11) is 0. The minimum absolute atomic E-state index is 0.288. The summed E-state index contributed by atoms with van der Waals surface area (Å²) in [6, 6.07) is 8.59. The molecule has 0 saturated heterocycles. The summed E-state index contributed by atoms with van der Waals surface area (Å²) in [4.78, 5) is 0. The molecule has 0 bridgehead atoms. The number of furan rings is 2. The molecular weight excluding hydrogens is 257 g/mol. The fourth-order valence-electron chi connectivity index (χ4n) is 2.24. The SMILES string of the molecule is CCCNCc1occc1-c1cc2cccc(F)c2o1. The second kappa shape index (κ2) is 5.51.